The van der Waals surface area contributed by atoms with Crippen LogP contribution in [0.1, 0.15) is 28.0 Å². The molecule has 0 aliphatic carbocycles. The summed E-state index contributed by atoms with van der Waals surface area (Å²) < 4.78 is 6.18. The first-order chi connectivity index (χ1) is 15.1. The van der Waals surface area contributed by atoms with E-state index in [4.69, 9.17) is 9.40 Å². The molecule has 0 spiro atoms. The molecule has 1 atom stereocenters. The number of para-hydroxylation sites is 1. The van der Waals surface area contributed by atoms with Crippen molar-refractivity contribution in [3.8, 4) is 0 Å². The van der Waals surface area contributed by atoms with Crippen molar-refractivity contribution in [2.24, 2.45) is 0 Å². The van der Waals surface area contributed by atoms with Gasteiger partial charge >= 0.3 is 0 Å². The van der Waals surface area contributed by atoms with Crippen molar-refractivity contribution in [3.63, 3.8) is 0 Å². The van der Waals surface area contributed by atoms with Gasteiger partial charge < -0.3 is 15.1 Å². The first kappa shape index (κ1) is 20.8. The van der Waals surface area contributed by atoms with Crippen LogP contribution in [0.3, 0.4) is 0 Å². The van der Waals surface area contributed by atoms with Gasteiger partial charge in [0.15, 0.2) is 5.76 Å². The number of furan rings is 1. The summed E-state index contributed by atoms with van der Waals surface area (Å²) in [7, 11) is 0. The van der Waals surface area contributed by atoms with Gasteiger partial charge in [-0.25, -0.2) is 4.98 Å². The molecule has 0 radical (unpaired) electrons. The topological polar surface area (TPSA) is 84.2 Å². The number of nitrogens with zero attached hydrogens (tertiary/aromatic N) is 1. The molecular weight excluding hydrogens is 410 g/mol. The highest BCUT2D eigenvalue weighted by molar-refractivity contribution is 7.18. The van der Waals surface area contributed by atoms with Crippen LogP contribution in [0.2, 0.25) is 0 Å². The Labute approximate surface area is 184 Å². The average Bonchev–Trinajstić information content (AvgIpc) is 3.46. The highest BCUT2D eigenvalue weighted by atomic mass is 32.1. The first-order valence-electron chi connectivity index (χ1n) is 10.1. The second kappa shape index (κ2) is 9.14. The lowest BCUT2D eigenvalue weighted by molar-refractivity contribution is -0.126. The van der Waals surface area contributed by atoms with Crippen LogP contribution in [0, 0.1) is 0 Å². The summed E-state index contributed by atoms with van der Waals surface area (Å²) in [6.45, 7) is 2.55. The van der Waals surface area contributed by atoms with E-state index < -0.39 is 5.41 Å². The van der Waals surface area contributed by atoms with Crippen LogP contribution in [0.15, 0.2) is 77.4 Å². The number of thiazole rings is 1. The van der Waals surface area contributed by atoms with Gasteiger partial charge in [0.2, 0.25) is 5.91 Å². The van der Waals surface area contributed by atoms with E-state index in [-0.39, 0.29) is 17.6 Å². The van der Waals surface area contributed by atoms with E-state index in [0.717, 1.165) is 20.8 Å². The van der Waals surface area contributed by atoms with Crippen molar-refractivity contribution in [1.82, 2.24) is 15.6 Å². The molecule has 0 saturated carbocycles. The maximum absolute atomic E-state index is 13.3. The number of rotatable bonds is 8. The highest BCUT2D eigenvalue weighted by Crippen LogP contribution is 2.32. The molecule has 4 aromatic rings. The molecule has 0 bridgehead atoms. The number of carbonyl (C=O) groups is 2. The second-order valence-electron chi connectivity index (χ2n) is 7.44. The molecule has 2 aromatic heterocycles. The fraction of sp³-hybridized carbons (Fsp3) is 0.208. The number of hydrogen-bond acceptors (Lipinski definition) is 5. The molecule has 2 amide bonds. The van der Waals surface area contributed by atoms with E-state index in [2.05, 4.69) is 10.6 Å². The Morgan fingerprint density at radius 1 is 0.968 bits per heavy atom. The molecule has 6 nitrogen and oxygen atoms in total. The van der Waals surface area contributed by atoms with Crippen LogP contribution in [0.25, 0.3) is 10.2 Å². The Morgan fingerprint density at radius 3 is 2.45 bits per heavy atom. The molecule has 7 heteroatoms. The SMILES string of the molecule is C[C@](Cc1nc2ccccc2s1)(C(=O)NCCNC(=O)c1ccco1)c1ccccc1. The van der Waals surface area contributed by atoms with Crippen molar-refractivity contribution >= 4 is 33.4 Å². The summed E-state index contributed by atoms with van der Waals surface area (Å²) in [6, 6.07) is 21.0. The minimum atomic E-state index is -0.792. The maximum atomic E-state index is 13.3. The number of hydrogen-bond donors (Lipinski definition) is 2. The molecule has 2 N–H and O–H groups in total. The molecule has 2 heterocycles. The van der Waals surface area contributed by atoms with Crippen LogP contribution in [0.4, 0.5) is 0 Å². The van der Waals surface area contributed by atoms with Gasteiger partial charge in [-0.15, -0.1) is 11.3 Å². The predicted molar refractivity (Wildman–Crippen MR) is 121 cm³/mol. The fourth-order valence-corrected chi connectivity index (χ4v) is 4.58. The van der Waals surface area contributed by atoms with Gasteiger partial charge in [0.05, 0.1) is 26.9 Å². The standard InChI is InChI=1S/C24H23N3O3S/c1-24(17-8-3-2-4-9-17,16-21-27-18-10-5-6-12-20(18)31-21)23(29)26-14-13-25-22(28)19-11-7-15-30-19/h2-12,15H,13-14,16H2,1H3,(H,25,28)(H,26,29)/t24-/m1/s1. The van der Waals surface area contributed by atoms with Crippen LogP contribution in [-0.2, 0) is 16.6 Å². The minimum Gasteiger partial charge on any atom is -0.459 e. The molecule has 0 unspecified atom stereocenters. The van der Waals surface area contributed by atoms with Crippen LogP contribution < -0.4 is 10.6 Å². The van der Waals surface area contributed by atoms with Gasteiger partial charge in [0, 0.05) is 19.5 Å². The molecule has 0 fully saturated rings. The van der Waals surface area contributed by atoms with E-state index in [1.165, 1.54) is 6.26 Å². The van der Waals surface area contributed by atoms with Crippen molar-refractivity contribution in [2.45, 2.75) is 18.8 Å². The van der Waals surface area contributed by atoms with Crippen LogP contribution in [0.5, 0.6) is 0 Å². The molecular formula is C24H23N3O3S. The zero-order valence-corrected chi connectivity index (χ0v) is 17.9. The molecule has 0 aliphatic rings. The second-order valence-corrected chi connectivity index (χ2v) is 8.55. The number of aromatic nitrogens is 1. The Balaban J connectivity index is 1.46. The summed E-state index contributed by atoms with van der Waals surface area (Å²) in [5.41, 5.74) is 1.07. The Kier molecular flexibility index (Phi) is 6.13. The molecule has 2 aromatic carbocycles. The third-order valence-electron chi connectivity index (χ3n) is 5.20. The number of benzene rings is 2. The Bertz CT molecular complexity index is 1140. The highest BCUT2D eigenvalue weighted by Gasteiger charge is 2.36. The van der Waals surface area contributed by atoms with Gasteiger partial charge in [0.1, 0.15) is 0 Å². The summed E-state index contributed by atoms with van der Waals surface area (Å²) in [4.78, 5) is 30.0. The Hall–Kier alpha value is -3.45. The summed E-state index contributed by atoms with van der Waals surface area (Å²) in [6.07, 6.45) is 1.94. The van der Waals surface area contributed by atoms with Gasteiger partial charge in [0.25, 0.3) is 5.91 Å². The van der Waals surface area contributed by atoms with Gasteiger partial charge in [-0.3, -0.25) is 9.59 Å². The summed E-state index contributed by atoms with van der Waals surface area (Å²) in [5.74, 6) is -0.166. The average molecular weight is 434 g/mol. The van der Waals surface area contributed by atoms with E-state index in [1.54, 1.807) is 23.5 Å². The van der Waals surface area contributed by atoms with Gasteiger partial charge in [-0.2, -0.15) is 0 Å². The lowest BCUT2D eigenvalue weighted by Gasteiger charge is -2.28. The molecule has 0 saturated heterocycles. The van der Waals surface area contributed by atoms with Crippen molar-refractivity contribution in [1.29, 1.82) is 0 Å². The van der Waals surface area contributed by atoms with Crippen molar-refractivity contribution in [2.75, 3.05) is 13.1 Å². The summed E-state index contributed by atoms with van der Waals surface area (Å²) in [5, 5.41) is 6.62. The van der Waals surface area contributed by atoms with Crippen molar-refractivity contribution < 1.29 is 14.0 Å². The smallest absolute Gasteiger partial charge is 0.287 e. The van der Waals surface area contributed by atoms with Gasteiger partial charge in [-0.05, 0) is 36.8 Å². The molecule has 0 aliphatic heterocycles. The molecule has 4 rings (SSSR count). The largest absolute Gasteiger partial charge is 0.459 e. The van der Waals surface area contributed by atoms with E-state index in [0.29, 0.717) is 19.5 Å². The minimum absolute atomic E-state index is 0.106. The van der Waals surface area contributed by atoms with Gasteiger partial charge in [-0.1, -0.05) is 42.5 Å². The first-order valence-corrected chi connectivity index (χ1v) is 10.9. The lowest BCUT2D eigenvalue weighted by Crippen LogP contribution is -2.46. The maximum Gasteiger partial charge on any atom is 0.287 e. The summed E-state index contributed by atoms with van der Waals surface area (Å²) >= 11 is 1.61. The van der Waals surface area contributed by atoms with Crippen LogP contribution >= 0.6 is 11.3 Å². The zero-order chi connectivity index (χ0) is 21.7. The quantitative estimate of drug-likeness (QED) is 0.412. The van der Waals surface area contributed by atoms with Crippen molar-refractivity contribution in [3.05, 3.63) is 89.3 Å². The number of fused-ring (bicyclic) bond motifs is 1. The predicted octanol–water partition coefficient (Wildman–Crippen LogP) is 3.94. The normalized spacial score (nSPS) is 12.9. The monoisotopic (exact) mass is 433 g/mol. The molecule has 31 heavy (non-hydrogen) atoms. The van der Waals surface area contributed by atoms with Crippen LogP contribution in [-0.4, -0.2) is 29.9 Å². The molecule has 158 valence electrons. The third-order valence-corrected chi connectivity index (χ3v) is 6.23. The number of amides is 2. The van der Waals surface area contributed by atoms with E-state index >= 15 is 0 Å². The zero-order valence-electron chi connectivity index (χ0n) is 17.1. The number of nitrogens with one attached hydrogen (secondary N) is 2. The van der Waals surface area contributed by atoms with E-state index in [9.17, 15) is 9.59 Å². The van der Waals surface area contributed by atoms with E-state index in [1.807, 2.05) is 61.5 Å². The Morgan fingerprint density at radius 2 is 1.71 bits per heavy atom. The fourth-order valence-electron chi connectivity index (χ4n) is 3.46. The third kappa shape index (κ3) is 4.67. The number of carbonyl (C=O) groups excluding carboxylic acids is 2. The lowest BCUT2D eigenvalue weighted by atomic mass is 9.78.